The lowest BCUT2D eigenvalue weighted by Crippen LogP contribution is -2.38. The number of benzene rings is 1. The maximum atomic E-state index is 14.6. The van der Waals surface area contributed by atoms with E-state index in [0.717, 1.165) is 23.7 Å². The number of aromatic nitrogens is 3. The summed E-state index contributed by atoms with van der Waals surface area (Å²) in [5.74, 6) is -2.23. The molecule has 1 fully saturated rings. The van der Waals surface area contributed by atoms with Gasteiger partial charge in [0.1, 0.15) is 6.61 Å². The minimum atomic E-state index is -1.13. The molecule has 13 heteroatoms. The lowest BCUT2D eigenvalue weighted by atomic mass is 10.1. The van der Waals surface area contributed by atoms with Crippen molar-refractivity contribution in [3.63, 3.8) is 0 Å². The standard InChI is InChI=1S/C29H28F2N6O5/c1-17-16-42-29-26(31)23(30)10-22-27(29)36(17)14-19(28(22)38)13-35(12-18-5-7-32-25(9-18)41-2)21-6-8-34(15-21)20-3-4-24(33-11-20)37(39)40/h3-5,7,9-11,14,17,21H,6,8,12-13,15-16H2,1-2H3/t17?,21-/m0/s1. The van der Waals surface area contributed by atoms with E-state index in [4.69, 9.17) is 9.47 Å². The van der Waals surface area contributed by atoms with Crippen LogP contribution in [0, 0.1) is 21.7 Å². The molecule has 6 rings (SSSR count). The number of halogens is 2. The van der Waals surface area contributed by atoms with E-state index in [1.54, 1.807) is 30.1 Å². The number of nitrogens with zero attached hydrogens (tertiary/aromatic N) is 6. The Morgan fingerprint density at radius 2 is 2.05 bits per heavy atom. The average Bonchev–Trinajstić information content (AvgIpc) is 3.49. The molecule has 0 saturated carbocycles. The van der Waals surface area contributed by atoms with Gasteiger partial charge in [0.05, 0.1) is 29.7 Å². The first-order valence-electron chi connectivity index (χ1n) is 13.5. The van der Waals surface area contributed by atoms with Crippen molar-refractivity contribution in [3.8, 4) is 11.6 Å². The van der Waals surface area contributed by atoms with Gasteiger partial charge in [0.2, 0.25) is 11.7 Å². The SMILES string of the molecule is COc1cc(CN(Cc2cn3c4c(c(F)c(F)cc4c2=O)OCC3C)[C@H]2CCN(c3ccc([N+](=O)[O-])nc3)C2)ccn1. The molecule has 1 unspecified atom stereocenters. The van der Waals surface area contributed by atoms with Crippen LogP contribution in [0.4, 0.5) is 20.3 Å². The van der Waals surface area contributed by atoms with Gasteiger partial charge in [-0.05, 0) is 47.0 Å². The number of pyridine rings is 3. The molecule has 0 bridgehead atoms. The maximum absolute atomic E-state index is 14.6. The second-order valence-corrected chi connectivity index (χ2v) is 10.6. The summed E-state index contributed by atoms with van der Waals surface area (Å²) >= 11 is 0. The molecule has 0 aliphatic carbocycles. The molecule has 42 heavy (non-hydrogen) atoms. The zero-order valence-electron chi connectivity index (χ0n) is 23.0. The van der Waals surface area contributed by atoms with Gasteiger partial charge in [-0.15, -0.1) is 0 Å². The van der Waals surface area contributed by atoms with Gasteiger partial charge in [0.15, 0.2) is 23.2 Å². The summed E-state index contributed by atoms with van der Waals surface area (Å²) in [5.41, 5.74) is 2.01. The van der Waals surface area contributed by atoms with Crippen LogP contribution < -0.4 is 19.8 Å². The van der Waals surface area contributed by atoms with Gasteiger partial charge in [-0.3, -0.25) is 9.69 Å². The molecule has 5 heterocycles. The Balaban J connectivity index is 1.36. The molecule has 11 nitrogen and oxygen atoms in total. The predicted molar refractivity (Wildman–Crippen MR) is 150 cm³/mol. The highest BCUT2D eigenvalue weighted by Crippen LogP contribution is 2.36. The summed E-state index contributed by atoms with van der Waals surface area (Å²) in [6.45, 7) is 4.04. The van der Waals surface area contributed by atoms with Crippen LogP contribution in [0.15, 0.2) is 53.7 Å². The van der Waals surface area contributed by atoms with E-state index >= 15 is 0 Å². The van der Waals surface area contributed by atoms with Crippen molar-refractivity contribution in [3.05, 3.63) is 92.0 Å². The van der Waals surface area contributed by atoms with E-state index in [1.807, 2.05) is 19.1 Å². The summed E-state index contributed by atoms with van der Waals surface area (Å²) in [6.07, 6.45) is 5.64. The van der Waals surface area contributed by atoms with Gasteiger partial charge in [-0.2, -0.15) is 4.39 Å². The van der Waals surface area contributed by atoms with Gasteiger partial charge in [0.25, 0.3) is 0 Å². The van der Waals surface area contributed by atoms with E-state index in [-0.39, 0.29) is 53.1 Å². The second kappa shape index (κ2) is 11.0. The lowest BCUT2D eigenvalue weighted by molar-refractivity contribution is -0.389. The number of rotatable bonds is 8. The molecule has 4 aromatic rings. The van der Waals surface area contributed by atoms with Crippen LogP contribution in [-0.2, 0) is 13.1 Å². The molecular formula is C29H28F2N6O5. The topological polar surface area (TPSA) is 116 Å². The molecule has 0 spiro atoms. The van der Waals surface area contributed by atoms with Gasteiger partial charge >= 0.3 is 5.82 Å². The average molecular weight is 579 g/mol. The van der Waals surface area contributed by atoms with E-state index in [9.17, 15) is 23.7 Å². The Bertz CT molecular complexity index is 1730. The first-order valence-corrected chi connectivity index (χ1v) is 13.5. The van der Waals surface area contributed by atoms with Crippen LogP contribution in [0.25, 0.3) is 10.9 Å². The fraction of sp³-hybridized carbons (Fsp3) is 0.345. The van der Waals surface area contributed by atoms with Crippen molar-refractivity contribution in [2.24, 2.45) is 0 Å². The van der Waals surface area contributed by atoms with Crippen LogP contribution in [0.2, 0.25) is 0 Å². The Kier molecular flexibility index (Phi) is 7.19. The Morgan fingerprint density at radius 3 is 2.79 bits per heavy atom. The van der Waals surface area contributed by atoms with Crippen molar-refractivity contribution in [2.75, 3.05) is 31.7 Å². The number of hydrogen-bond donors (Lipinski definition) is 0. The summed E-state index contributed by atoms with van der Waals surface area (Å²) in [7, 11) is 1.54. The molecule has 2 aliphatic heterocycles. The third kappa shape index (κ3) is 5.00. The van der Waals surface area contributed by atoms with Crippen LogP contribution >= 0.6 is 0 Å². The number of ether oxygens (including phenoxy) is 2. The largest absolute Gasteiger partial charge is 0.486 e. The van der Waals surface area contributed by atoms with Gasteiger partial charge in [0, 0.05) is 62.3 Å². The van der Waals surface area contributed by atoms with E-state index < -0.39 is 16.6 Å². The molecule has 1 aromatic carbocycles. The summed E-state index contributed by atoms with van der Waals surface area (Å²) in [4.78, 5) is 36.7. The first kappa shape index (κ1) is 27.5. The number of anilines is 1. The van der Waals surface area contributed by atoms with Crippen molar-refractivity contribution in [2.45, 2.75) is 38.5 Å². The van der Waals surface area contributed by atoms with Crippen LogP contribution in [0.3, 0.4) is 0 Å². The van der Waals surface area contributed by atoms with Crippen molar-refractivity contribution >= 4 is 22.4 Å². The fourth-order valence-corrected chi connectivity index (χ4v) is 5.74. The van der Waals surface area contributed by atoms with Gasteiger partial charge < -0.3 is 29.1 Å². The van der Waals surface area contributed by atoms with Gasteiger partial charge in [-0.1, -0.05) is 0 Å². The Morgan fingerprint density at radius 1 is 1.21 bits per heavy atom. The summed E-state index contributed by atoms with van der Waals surface area (Å²) < 4.78 is 41.7. The van der Waals surface area contributed by atoms with Crippen molar-refractivity contribution < 1.29 is 23.2 Å². The molecule has 2 atom stereocenters. The van der Waals surface area contributed by atoms with Crippen LogP contribution in [0.5, 0.6) is 11.6 Å². The molecule has 0 N–H and O–H groups in total. The highest BCUT2D eigenvalue weighted by atomic mass is 19.2. The highest BCUT2D eigenvalue weighted by molar-refractivity contribution is 5.86. The molecule has 218 valence electrons. The van der Waals surface area contributed by atoms with E-state index in [1.165, 1.54) is 12.3 Å². The van der Waals surface area contributed by atoms with Crippen molar-refractivity contribution in [1.29, 1.82) is 0 Å². The molecule has 0 amide bonds. The number of hydrogen-bond acceptors (Lipinski definition) is 9. The smallest absolute Gasteiger partial charge is 0.363 e. The quantitative estimate of drug-likeness (QED) is 0.224. The van der Waals surface area contributed by atoms with Crippen molar-refractivity contribution in [1.82, 2.24) is 19.4 Å². The maximum Gasteiger partial charge on any atom is 0.363 e. The van der Waals surface area contributed by atoms with E-state index in [2.05, 4.69) is 19.8 Å². The number of methoxy groups -OCH3 is 1. The fourth-order valence-electron chi connectivity index (χ4n) is 5.74. The molecule has 1 saturated heterocycles. The zero-order valence-corrected chi connectivity index (χ0v) is 23.0. The monoisotopic (exact) mass is 578 g/mol. The highest BCUT2D eigenvalue weighted by Gasteiger charge is 2.31. The molecule has 2 aliphatic rings. The first-order chi connectivity index (χ1) is 20.2. The minimum absolute atomic E-state index is 0.00271. The zero-order chi connectivity index (χ0) is 29.5. The normalized spacial score (nSPS) is 18.0. The lowest BCUT2D eigenvalue weighted by Gasteiger charge is -2.31. The third-order valence-electron chi connectivity index (χ3n) is 7.92. The van der Waals surface area contributed by atoms with Crippen LogP contribution in [-0.4, -0.2) is 57.2 Å². The predicted octanol–water partition coefficient (Wildman–Crippen LogP) is 4.22. The summed E-state index contributed by atoms with van der Waals surface area (Å²) in [6, 6.07) is 7.53. The molecule has 0 radical (unpaired) electrons. The molecular weight excluding hydrogens is 550 g/mol. The van der Waals surface area contributed by atoms with E-state index in [0.29, 0.717) is 31.1 Å². The van der Waals surface area contributed by atoms with Gasteiger partial charge in [-0.25, -0.2) is 9.37 Å². The third-order valence-corrected chi connectivity index (χ3v) is 7.92. The minimum Gasteiger partial charge on any atom is -0.486 e. The Hall–Kier alpha value is -4.65. The Labute approximate surface area is 239 Å². The second-order valence-electron chi connectivity index (χ2n) is 10.6. The molecule has 3 aromatic heterocycles. The summed E-state index contributed by atoms with van der Waals surface area (Å²) in [5, 5.41) is 11.1. The van der Waals surface area contributed by atoms with Crippen LogP contribution in [0.1, 0.15) is 30.5 Å². The number of nitro groups is 1.